The lowest BCUT2D eigenvalue weighted by Crippen LogP contribution is -2.21. The van der Waals surface area contributed by atoms with Crippen LogP contribution in [0.1, 0.15) is 11.6 Å². The third-order valence-electron chi connectivity index (χ3n) is 2.97. The lowest BCUT2D eigenvalue weighted by atomic mass is 9.99. The van der Waals surface area contributed by atoms with Crippen LogP contribution in [0.5, 0.6) is 0 Å². The second-order valence-electron chi connectivity index (χ2n) is 3.98. The van der Waals surface area contributed by atoms with Crippen molar-refractivity contribution in [2.24, 2.45) is 0 Å². The van der Waals surface area contributed by atoms with Crippen molar-refractivity contribution in [3.63, 3.8) is 0 Å². The molecule has 0 aromatic heterocycles. The highest BCUT2D eigenvalue weighted by Gasteiger charge is 2.22. The molecular weight excluding hydrogens is 200 g/mol. The number of nitrogens with one attached hydrogen (secondary N) is 2. The Balaban J connectivity index is 2.13. The van der Waals surface area contributed by atoms with Crippen molar-refractivity contribution >= 4 is 16.8 Å². The summed E-state index contributed by atoms with van der Waals surface area (Å²) in [5.74, 6) is 0. The monoisotopic (exact) mass is 212 g/mol. The van der Waals surface area contributed by atoms with Gasteiger partial charge in [0.25, 0.3) is 0 Å². The number of hydrogen-bond donors (Lipinski definition) is 2. The van der Waals surface area contributed by atoms with E-state index in [0.717, 1.165) is 0 Å². The molecule has 1 atom stereocenters. The standard InChI is InChI=1S/C13H12N2O/c16-13-14-8-12(15-13)11-7-3-5-9-4-1-2-6-10(9)11/h1-7,12H,8H2,(H2,14,15,16)/t12-/m1/s1. The van der Waals surface area contributed by atoms with E-state index in [1.165, 1.54) is 16.3 Å². The Bertz CT molecular complexity index is 545. The molecule has 0 unspecified atom stereocenters. The largest absolute Gasteiger partial charge is 0.336 e. The van der Waals surface area contributed by atoms with Crippen molar-refractivity contribution < 1.29 is 4.79 Å². The first-order chi connectivity index (χ1) is 7.84. The average molecular weight is 212 g/mol. The predicted molar refractivity (Wildman–Crippen MR) is 63.2 cm³/mol. The molecule has 3 heteroatoms. The minimum Gasteiger partial charge on any atom is -0.336 e. The first kappa shape index (κ1) is 9.21. The summed E-state index contributed by atoms with van der Waals surface area (Å²) in [5.41, 5.74) is 1.18. The first-order valence-corrected chi connectivity index (χ1v) is 5.36. The summed E-state index contributed by atoms with van der Waals surface area (Å²) in [6, 6.07) is 14.4. The minimum absolute atomic E-state index is 0.0820. The fourth-order valence-electron chi connectivity index (χ4n) is 2.20. The molecule has 2 aromatic carbocycles. The van der Waals surface area contributed by atoms with Crippen LogP contribution in [0.4, 0.5) is 4.79 Å². The number of fused-ring (bicyclic) bond motifs is 1. The third kappa shape index (κ3) is 1.41. The van der Waals surface area contributed by atoms with Crippen LogP contribution >= 0.6 is 0 Å². The Morgan fingerprint density at radius 1 is 1.06 bits per heavy atom. The van der Waals surface area contributed by atoms with Crippen molar-refractivity contribution in [1.29, 1.82) is 0 Å². The molecule has 0 bridgehead atoms. The van der Waals surface area contributed by atoms with Gasteiger partial charge in [0.2, 0.25) is 0 Å². The van der Waals surface area contributed by atoms with Gasteiger partial charge in [0, 0.05) is 6.54 Å². The number of carbonyl (C=O) groups is 1. The summed E-state index contributed by atoms with van der Waals surface area (Å²) >= 11 is 0. The molecule has 1 aliphatic heterocycles. The summed E-state index contributed by atoms with van der Waals surface area (Å²) < 4.78 is 0. The Morgan fingerprint density at radius 3 is 2.69 bits per heavy atom. The molecule has 1 fully saturated rings. The smallest absolute Gasteiger partial charge is 0.315 e. The zero-order valence-electron chi connectivity index (χ0n) is 8.73. The van der Waals surface area contributed by atoms with Gasteiger partial charge in [0.15, 0.2) is 0 Å². The minimum atomic E-state index is -0.0852. The van der Waals surface area contributed by atoms with E-state index in [1.807, 2.05) is 18.2 Å². The highest BCUT2D eigenvalue weighted by molar-refractivity contribution is 5.87. The van der Waals surface area contributed by atoms with Crippen LogP contribution in [-0.2, 0) is 0 Å². The van der Waals surface area contributed by atoms with Crippen molar-refractivity contribution in [1.82, 2.24) is 10.6 Å². The fraction of sp³-hybridized carbons (Fsp3) is 0.154. The molecule has 0 aliphatic carbocycles. The number of amides is 2. The Morgan fingerprint density at radius 2 is 1.88 bits per heavy atom. The molecule has 1 aliphatic rings. The average Bonchev–Trinajstić information content (AvgIpc) is 2.75. The molecule has 2 N–H and O–H groups in total. The fourth-order valence-corrected chi connectivity index (χ4v) is 2.20. The third-order valence-corrected chi connectivity index (χ3v) is 2.97. The molecule has 1 saturated heterocycles. The lowest BCUT2D eigenvalue weighted by molar-refractivity contribution is 0.247. The van der Waals surface area contributed by atoms with Gasteiger partial charge in [0.05, 0.1) is 6.04 Å². The van der Waals surface area contributed by atoms with Gasteiger partial charge >= 0.3 is 6.03 Å². The van der Waals surface area contributed by atoms with Crippen molar-refractivity contribution in [2.45, 2.75) is 6.04 Å². The molecule has 2 amide bonds. The van der Waals surface area contributed by atoms with Crippen molar-refractivity contribution in [3.8, 4) is 0 Å². The molecule has 0 saturated carbocycles. The molecule has 3 rings (SSSR count). The van der Waals surface area contributed by atoms with Gasteiger partial charge in [-0.05, 0) is 16.3 Å². The maximum Gasteiger partial charge on any atom is 0.315 e. The topological polar surface area (TPSA) is 41.1 Å². The molecular formula is C13H12N2O. The number of benzene rings is 2. The van der Waals surface area contributed by atoms with E-state index in [0.29, 0.717) is 6.54 Å². The summed E-state index contributed by atoms with van der Waals surface area (Å²) in [6.45, 7) is 0.660. The first-order valence-electron chi connectivity index (χ1n) is 5.36. The van der Waals surface area contributed by atoms with Gasteiger partial charge in [-0.15, -0.1) is 0 Å². The zero-order valence-corrected chi connectivity index (χ0v) is 8.73. The second-order valence-corrected chi connectivity index (χ2v) is 3.98. The van der Waals surface area contributed by atoms with E-state index in [4.69, 9.17) is 0 Å². The number of carbonyl (C=O) groups excluding carboxylic acids is 1. The molecule has 80 valence electrons. The number of urea groups is 1. The quantitative estimate of drug-likeness (QED) is 0.747. The molecule has 0 radical (unpaired) electrons. The maximum absolute atomic E-state index is 11.1. The lowest BCUT2D eigenvalue weighted by Gasteiger charge is -2.12. The van der Waals surface area contributed by atoms with Crippen LogP contribution in [0.2, 0.25) is 0 Å². The van der Waals surface area contributed by atoms with E-state index in [2.05, 4.69) is 34.9 Å². The highest BCUT2D eigenvalue weighted by Crippen LogP contribution is 2.25. The van der Waals surface area contributed by atoms with Crippen LogP contribution in [0.15, 0.2) is 42.5 Å². The number of hydrogen-bond acceptors (Lipinski definition) is 1. The highest BCUT2D eigenvalue weighted by atomic mass is 16.2. The predicted octanol–water partition coefficient (Wildman–Crippen LogP) is 2.19. The Hall–Kier alpha value is -2.03. The van der Waals surface area contributed by atoms with E-state index < -0.39 is 0 Å². The zero-order chi connectivity index (χ0) is 11.0. The summed E-state index contributed by atoms with van der Waals surface area (Å²) in [6.07, 6.45) is 0. The maximum atomic E-state index is 11.1. The molecule has 1 heterocycles. The molecule has 0 spiro atoms. The van der Waals surface area contributed by atoms with Gasteiger partial charge < -0.3 is 10.6 Å². The van der Waals surface area contributed by atoms with Crippen LogP contribution in [0.25, 0.3) is 10.8 Å². The van der Waals surface area contributed by atoms with E-state index in [-0.39, 0.29) is 12.1 Å². The van der Waals surface area contributed by atoms with E-state index >= 15 is 0 Å². The van der Waals surface area contributed by atoms with E-state index in [9.17, 15) is 4.79 Å². The molecule has 2 aromatic rings. The normalized spacial score (nSPS) is 19.5. The number of rotatable bonds is 1. The van der Waals surface area contributed by atoms with Crippen LogP contribution in [-0.4, -0.2) is 12.6 Å². The van der Waals surface area contributed by atoms with Crippen LogP contribution in [0.3, 0.4) is 0 Å². The SMILES string of the molecule is O=C1NC[C@H](c2cccc3ccccc23)N1. The van der Waals surface area contributed by atoms with E-state index in [1.54, 1.807) is 0 Å². The Labute approximate surface area is 93.5 Å². The van der Waals surface area contributed by atoms with Crippen molar-refractivity contribution in [3.05, 3.63) is 48.0 Å². The van der Waals surface area contributed by atoms with Gasteiger partial charge in [-0.25, -0.2) is 4.79 Å². The van der Waals surface area contributed by atoms with Crippen LogP contribution < -0.4 is 10.6 Å². The van der Waals surface area contributed by atoms with Gasteiger partial charge in [-0.2, -0.15) is 0 Å². The molecule has 16 heavy (non-hydrogen) atoms. The Kier molecular flexibility index (Phi) is 2.03. The summed E-state index contributed by atoms with van der Waals surface area (Å²) in [7, 11) is 0. The van der Waals surface area contributed by atoms with Gasteiger partial charge in [0.1, 0.15) is 0 Å². The summed E-state index contributed by atoms with van der Waals surface area (Å²) in [4.78, 5) is 11.1. The van der Waals surface area contributed by atoms with Crippen molar-refractivity contribution in [2.75, 3.05) is 6.54 Å². The van der Waals surface area contributed by atoms with Gasteiger partial charge in [-0.1, -0.05) is 42.5 Å². The molecule has 3 nitrogen and oxygen atoms in total. The second kappa shape index (κ2) is 3.52. The summed E-state index contributed by atoms with van der Waals surface area (Å²) in [5, 5.41) is 8.11. The van der Waals surface area contributed by atoms with Gasteiger partial charge in [-0.3, -0.25) is 0 Å². The van der Waals surface area contributed by atoms with Crippen LogP contribution in [0, 0.1) is 0 Å².